The van der Waals surface area contributed by atoms with Crippen molar-refractivity contribution in [2.75, 3.05) is 11.1 Å². The second-order valence-electron chi connectivity index (χ2n) is 6.69. The molecule has 1 aliphatic rings. The lowest BCUT2D eigenvalue weighted by atomic mass is 10.1. The summed E-state index contributed by atoms with van der Waals surface area (Å²) in [5.74, 6) is 1.84. The van der Waals surface area contributed by atoms with Crippen molar-refractivity contribution in [2.24, 2.45) is 0 Å². The highest BCUT2D eigenvalue weighted by molar-refractivity contribution is 7.98. The molecule has 9 heteroatoms. The van der Waals surface area contributed by atoms with E-state index in [1.807, 2.05) is 12.1 Å². The molecule has 0 bridgehead atoms. The molecule has 0 aliphatic heterocycles. The Morgan fingerprint density at radius 2 is 1.93 bits per heavy atom. The summed E-state index contributed by atoms with van der Waals surface area (Å²) in [5.41, 5.74) is 7.08. The van der Waals surface area contributed by atoms with E-state index in [1.54, 1.807) is 22.7 Å². The van der Waals surface area contributed by atoms with E-state index in [4.69, 9.17) is 5.73 Å². The summed E-state index contributed by atoms with van der Waals surface area (Å²) in [6, 6.07) is 15.2. The average molecular weight is 390 g/mol. The number of benzene rings is 2. The number of hydrogen-bond donors (Lipinski definition) is 2. The van der Waals surface area contributed by atoms with Crippen LogP contribution in [0, 0.1) is 0 Å². The van der Waals surface area contributed by atoms with E-state index >= 15 is 0 Å². The zero-order valence-corrected chi connectivity index (χ0v) is 15.8. The van der Waals surface area contributed by atoms with Gasteiger partial charge in [0.1, 0.15) is 6.33 Å². The fourth-order valence-corrected chi connectivity index (χ4v) is 3.75. The van der Waals surface area contributed by atoms with Crippen LogP contribution in [0.2, 0.25) is 0 Å². The number of hydrogen-bond acceptors (Lipinski definition) is 8. The molecule has 0 spiro atoms. The van der Waals surface area contributed by atoms with Gasteiger partial charge in [-0.3, -0.25) is 0 Å². The van der Waals surface area contributed by atoms with E-state index in [-0.39, 0.29) is 5.95 Å². The fourth-order valence-electron chi connectivity index (χ4n) is 2.90. The quantitative estimate of drug-likeness (QED) is 0.484. The SMILES string of the molecule is Nc1nc(NC2CC2)nc(-n2cnnc2SCc2ccc3ccccc3c2)n1. The van der Waals surface area contributed by atoms with Gasteiger partial charge in [-0.05, 0) is 29.2 Å². The molecule has 28 heavy (non-hydrogen) atoms. The van der Waals surface area contributed by atoms with E-state index in [1.165, 1.54) is 16.3 Å². The van der Waals surface area contributed by atoms with Crippen molar-refractivity contribution in [3.63, 3.8) is 0 Å². The number of rotatable bonds is 6. The molecule has 3 N–H and O–H groups in total. The molecule has 0 radical (unpaired) electrons. The summed E-state index contributed by atoms with van der Waals surface area (Å²) >= 11 is 1.58. The maximum atomic E-state index is 5.87. The standard InChI is InChI=1S/C19H18N8S/c20-16-23-17(22-15-7-8-15)25-18(24-16)27-11-21-26-19(27)28-10-12-5-6-13-3-1-2-4-14(13)9-12/h1-6,9,11,15H,7-8,10H2,(H3,20,22,23,24,25). The Morgan fingerprint density at radius 3 is 2.79 bits per heavy atom. The summed E-state index contributed by atoms with van der Waals surface area (Å²) in [4.78, 5) is 12.9. The third-order valence-electron chi connectivity index (χ3n) is 4.47. The average Bonchev–Trinajstić information content (AvgIpc) is 3.39. The normalized spacial score (nSPS) is 13.7. The summed E-state index contributed by atoms with van der Waals surface area (Å²) in [6.45, 7) is 0. The van der Waals surface area contributed by atoms with Crippen molar-refractivity contribution in [1.82, 2.24) is 29.7 Å². The number of nitrogens with two attached hydrogens (primary N) is 1. The molecule has 0 amide bonds. The van der Waals surface area contributed by atoms with Gasteiger partial charge in [0.15, 0.2) is 5.16 Å². The van der Waals surface area contributed by atoms with Gasteiger partial charge in [-0.1, -0.05) is 54.2 Å². The lowest BCUT2D eigenvalue weighted by Gasteiger charge is -2.08. The van der Waals surface area contributed by atoms with Crippen LogP contribution < -0.4 is 11.1 Å². The number of anilines is 2. The first-order valence-electron chi connectivity index (χ1n) is 9.03. The van der Waals surface area contributed by atoms with Gasteiger partial charge in [0.25, 0.3) is 0 Å². The number of fused-ring (bicyclic) bond motifs is 1. The fraction of sp³-hybridized carbons (Fsp3) is 0.211. The molecular weight excluding hydrogens is 372 g/mol. The topological polar surface area (TPSA) is 107 Å². The molecule has 5 rings (SSSR count). The molecule has 4 aromatic rings. The van der Waals surface area contributed by atoms with E-state index in [0.29, 0.717) is 23.1 Å². The summed E-state index contributed by atoms with van der Waals surface area (Å²) in [6.07, 6.45) is 3.85. The summed E-state index contributed by atoms with van der Waals surface area (Å²) in [7, 11) is 0. The van der Waals surface area contributed by atoms with Crippen LogP contribution in [-0.2, 0) is 5.75 Å². The van der Waals surface area contributed by atoms with E-state index in [2.05, 4.69) is 60.8 Å². The number of thioether (sulfide) groups is 1. The van der Waals surface area contributed by atoms with Gasteiger partial charge in [0, 0.05) is 11.8 Å². The Morgan fingerprint density at radius 1 is 1.07 bits per heavy atom. The third-order valence-corrected chi connectivity index (χ3v) is 5.48. The lowest BCUT2D eigenvalue weighted by molar-refractivity contribution is 0.812. The van der Waals surface area contributed by atoms with Gasteiger partial charge in [-0.25, -0.2) is 4.57 Å². The van der Waals surface area contributed by atoms with Gasteiger partial charge >= 0.3 is 0 Å². The first-order valence-corrected chi connectivity index (χ1v) is 10.0. The van der Waals surface area contributed by atoms with Crippen molar-refractivity contribution in [1.29, 1.82) is 0 Å². The molecule has 2 aromatic heterocycles. The Labute approximate surface area is 165 Å². The minimum Gasteiger partial charge on any atom is -0.368 e. The Balaban J connectivity index is 1.37. The molecule has 2 aromatic carbocycles. The lowest BCUT2D eigenvalue weighted by Crippen LogP contribution is -2.12. The highest BCUT2D eigenvalue weighted by Gasteiger charge is 2.23. The highest BCUT2D eigenvalue weighted by Crippen LogP contribution is 2.26. The Hall–Kier alpha value is -3.20. The van der Waals surface area contributed by atoms with Crippen molar-refractivity contribution >= 4 is 34.4 Å². The number of aromatic nitrogens is 6. The molecule has 2 heterocycles. The second kappa shape index (κ2) is 7.08. The molecule has 140 valence electrons. The molecule has 0 saturated heterocycles. The van der Waals surface area contributed by atoms with Crippen LogP contribution in [0.5, 0.6) is 0 Å². The van der Waals surface area contributed by atoms with Crippen LogP contribution in [0.4, 0.5) is 11.9 Å². The van der Waals surface area contributed by atoms with Crippen LogP contribution >= 0.6 is 11.8 Å². The molecule has 0 unspecified atom stereocenters. The van der Waals surface area contributed by atoms with Crippen molar-refractivity contribution in [3.05, 3.63) is 54.4 Å². The molecule has 1 fully saturated rings. The third kappa shape index (κ3) is 3.61. The van der Waals surface area contributed by atoms with Crippen LogP contribution in [0.3, 0.4) is 0 Å². The van der Waals surface area contributed by atoms with E-state index in [9.17, 15) is 0 Å². The first kappa shape index (κ1) is 16.9. The van der Waals surface area contributed by atoms with Crippen molar-refractivity contribution in [3.8, 4) is 5.95 Å². The minimum atomic E-state index is 0.173. The first-order chi connectivity index (χ1) is 13.7. The Bertz CT molecular complexity index is 1140. The van der Waals surface area contributed by atoms with Gasteiger partial charge < -0.3 is 11.1 Å². The molecule has 1 saturated carbocycles. The predicted molar refractivity (Wildman–Crippen MR) is 109 cm³/mol. The summed E-state index contributed by atoms with van der Waals surface area (Å²) < 4.78 is 1.74. The van der Waals surface area contributed by atoms with E-state index in [0.717, 1.165) is 18.6 Å². The van der Waals surface area contributed by atoms with Gasteiger partial charge in [-0.2, -0.15) is 15.0 Å². The molecule has 0 atom stereocenters. The van der Waals surface area contributed by atoms with Crippen LogP contribution in [0.25, 0.3) is 16.7 Å². The molecule has 1 aliphatic carbocycles. The van der Waals surface area contributed by atoms with Crippen LogP contribution in [-0.4, -0.2) is 35.8 Å². The van der Waals surface area contributed by atoms with Gasteiger partial charge in [0.05, 0.1) is 0 Å². The van der Waals surface area contributed by atoms with Crippen molar-refractivity contribution in [2.45, 2.75) is 29.8 Å². The van der Waals surface area contributed by atoms with Gasteiger partial charge in [-0.15, -0.1) is 10.2 Å². The maximum absolute atomic E-state index is 5.87. The zero-order chi connectivity index (χ0) is 18.9. The number of nitrogens with one attached hydrogen (secondary N) is 1. The monoisotopic (exact) mass is 390 g/mol. The van der Waals surface area contributed by atoms with Crippen LogP contribution in [0.1, 0.15) is 18.4 Å². The Kier molecular flexibility index (Phi) is 4.28. The second-order valence-corrected chi connectivity index (χ2v) is 7.63. The molecule has 8 nitrogen and oxygen atoms in total. The van der Waals surface area contributed by atoms with Crippen LogP contribution in [0.15, 0.2) is 53.9 Å². The van der Waals surface area contributed by atoms with Crippen molar-refractivity contribution < 1.29 is 0 Å². The van der Waals surface area contributed by atoms with Gasteiger partial charge in [0.2, 0.25) is 17.8 Å². The number of nitrogens with zero attached hydrogens (tertiary/aromatic N) is 6. The summed E-state index contributed by atoms with van der Waals surface area (Å²) in [5, 5.41) is 14.7. The molecular formula is C19H18N8S. The maximum Gasteiger partial charge on any atom is 0.243 e. The predicted octanol–water partition coefficient (Wildman–Crippen LogP) is 3.05. The minimum absolute atomic E-state index is 0.173. The van der Waals surface area contributed by atoms with E-state index < -0.39 is 0 Å². The smallest absolute Gasteiger partial charge is 0.243 e. The zero-order valence-electron chi connectivity index (χ0n) is 15.0. The highest BCUT2D eigenvalue weighted by atomic mass is 32.2. The largest absolute Gasteiger partial charge is 0.368 e. The number of nitrogen functional groups attached to an aromatic ring is 1.